The molecule has 1 aliphatic heterocycles. The molecule has 1 saturated heterocycles. The average Bonchev–Trinajstić information content (AvgIpc) is 2.57. The quantitative estimate of drug-likeness (QED) is 0.835. The zero-order valence-corrected chi connectivity index (χ0v) is 11.6. The van der Waals surface area contributed by atoms with Crippen LogP contribution in [0, 0.1) is 0 Å². The van der Waals surface area contributed by atoms with E-state index in [2.05, 4.69) is 25.3 Å². The van der Waals surface area contributed by atoms with Crippen LogP contribution in [0.2, 0.25) is 0 Å². The normalized spacial score (nSPS) is 14.6. The Labute approximate surface area is 126 Å². The first-order chi connectivity index (χ1) is 10.7. The second-order valence-electron chi connectivity index (χ2n) is 4.58. The molecule has 0 saturated carbocycles. The predicted molar refractivity (Wildman–Crippen MR) is 77.3 cm³/mol. The first kappa shape index (κ1) is 14.1. The molecule has 9 nitrogen and oxygen atoms in total. The van der Waals surface area contributed by atoms with Crippen LogP contribution < -0.4 is 10.2 Å². The molecule has 0 spiro atoms. The number of ether oxygens (including phenoxy) is 1. The van der Waals surface area contributed by atoms with E-state index in [1.54, 1.807) is 6.20 Å². The Bertz CT molecular complexity index is 660. The van der Waals surface area contributed by atoms with E-state index in [1.165, 1.54) is 18.7 Å². The van der Waals surface area contributed by atoms with Crippen LogP contribution in [0.4, 0.5) is 17.3 Å². The average molecular weight is 302 g/mol. The van der Waals surface area contributed by atoms with E-state index in [4.69, 9.17) is 4.74 Å². The summed E-state index contributed by atoms with van der Waals surface area (Å²) in [4.78, 5) is 29.5. The highest BCUT2D eigenvalue weighted by Crippen LogP contribution is 2.20. The van der Waals surface area contributed by atoms with Gasteiger partial charge in [-0.1, -0.05) is 0 Å². The second-order valence-corrected chi connectivity index (χ2v) is 4.58. The summed E-state index contributed by atoms with van der Waals surface area (Å²) in [6.07, 6.45) is 5.98. The Kier molecular flexibility index (Phi) is 4.05. The highest BCUT2D eigenvalue weighted by molar-refractivity contribution is 5.92. The molecule has 0 aliphatic carbocycles. The number of aromatic nitrogens is 4. The van der Waals surface area contributed by atoms with Crippen molar-refractivity contribution in [3.8, 4) is 0 Å². The van der Waals surface area contributed by atoms with Crippen LogP contribution in [0.15, 0.2) is 24.9 Å². The summed E-state index contributed by atoms with van der Waals surface area (Å²) in [6, 6.07) is 0. The Morgan fingerprint density at radius 1 is 1.23 bits per heavy atom. The topological polar surface area (TPSA) is 113 Å². The van der Waals surface area contributed by atoms with E-state index >= 15 is 0 Å². The van der Waals surface area contributed by atoms with Crippen LogP contribution in [0.3, 0.4) is 0 Å². The predicted octanol–water partition coefficient (Wildman–Crippen LogP) is 0.545. The van der Waals surface area contributed by atoms with Crippen LogP contribution in [-0.2, 0) is 4.74 Å². The maximum Gasteiger partial charge on any atom is 0.358 e. The number of nitrogens with zero attached hydrogens (tertiary/aromatic N) is 5. The third kappa shape index (κ3) is 3.09. The number of anilines is 3. The molecule has 0 aromatic carbocycles. The molecule has 3 rings (SSSR count). The van der Waals surface area contributed by atoms with Gasteiger partial charge in [0.25, 0.3) is 0 Å². The number of hydrogen-bond acceptors (Lipinski definition) is 8. The third-order valence-corrected chi connectivity index (χ3v) is 3.12. The van der Waals surface area contributed by atoms with Gasteiger partial charge in [0.1, 0.15) is 12.1 Å². The smallest absolute Gasteiger partial charge is 0.358 e. The fraction of sp³-hybridized carbons (Fsp3) is 0.308. The molecule has 22 heavy (non-hydrogen) atoms. The molecule has 2 aromatic rings. The molecule has 1 aliphatic rings. The molecule has 114 valence electrons. The number of carboxylic acids is 1. The van der Waals surface area contributed by atoms with Gasteiger partial charge in [0.15, 0.2) is 11.5 Å². The number of nitrogens with one attached hydrogen (secondary N) is 1. The Morgan fingerprint density at radius 3 is 2.64 bits per heavy atom. The van der Waals surface area contributed by atoms with E-state index in [0.29, 0.717) is 37.8 Å². The van der Waals surface area contributed by atoms with E-state index in [9.17, 15) is 9.90 Å². The number of carboxylic acid groups (broad SMARTS) is 1. The molecule has 0 bridgehead atoms. The van der Waals surface area contributed by atoms with Crippen molar-refractivity contribution in [2.24, 2.45) is 0 Å². The van der Waals surface area contributed by atoms with Crippen LogP contribution in [0.25, 0.3) is 0 Å². The lowest BCUT2D eigenvalue weighted by atomic mass is 10.3. The van der Waals surface area contributed by atoms with Gasteiger partial charge in [-0.15, -0.1) is 0 Å². The minimum Gasteiger partial charge on any atom is -0.476 e. The third-order valence-electron chi connectivity index (χ3n) is 3.12. The van der Waals surface area contributed by atoms with E-state index in [-0.39, 0.29) is 11.5 Å². The summed E-state index contributed by atoms with van der Waals surface area (Å²) in [7, 11) is 0. The van der Waals surface area contributed by atoms with Crippen molar-refractivity contribution >= 4 is 23.3 Å². The summed E-state index contributed by atoms with van der Waals surface area (Å²) < 4.78 is 5.27. The molecule has 2 aromatic heterocycles. The minimum atomic E-state index is -1.15. The zero-order chi connectivity index (χ0) is 15.4. The van der Waals surface area contributed by atoms with Crippen LogP contribution in [0.5, 0.6) is 0 Å². The van der Waals surface area contributed by atoms with Crippen molar-refractivity contribution in [2.45, 2.75) is 0 Å². The molecule has 0 amide bonds. The largest absolute Gasteiger partial charge is 0.476 e. The number of morpholine rings is 1. The van der Waals surface area contributed by atoms with Crippen LogP contribution >= 0.6 is 0 Å². The second kappa shape index (κ2) is 6.31. The van der Waals surface area contributed by atoms with Crippen molar-refractivity contribution in [1.82, 2.24) is 19.9 Å². The molecule has 3 heterocycles. The molecule has 9 heteroatoms. The maximum absolute atomic E-state index is 11.4. The summed E-state index contributed by atoms with van der Waals surface area (Å²) in [6.45, 7) is 2.50. The fourth-order valence-electron chi connectivity index (χ4n) is 2.07. The number of hydrogen-bond donors (Lipinski definition) is 2. The number of aromatic carboxylic acids is 1. The molecule has 0 unspecified atom stereocenters. The standard InChI is InChI=1S/C13H14N6O3/c20-13(21)11-12(17-9-5-14-8-15-6-9)16-7-10(18-11)19-1-3-22-4-2-19/h5-8H,1-4H2,(H,16,17)(H,20,21). The van der Waals surface area contributed by atoms with Gasteiger partial charge in [-0.2, -0.15) is 0 Å². The van der Waals surface area contributed by atoms with Gasteiger partial charge in [-0.3, -0.25) is 0 Å². The zero-order valence-electron chi connectivity index (χ0n) is 11.6. The van der Waals surface area contributed by atoms with Crippen molar-refractivity contribution in [3.63, 3.8) is 0 Å². The van der Waals surface area contributed by atoms with E-state index < -0.39 is 5.97 Å². The minimum absolute atomic E-state index is 0.146. The number of carbonyl (C=O) groups is 1. The molecule has 0 radical (unpaired) electrons. The lowest BCUT2D eigenvalue weighted by Gasteiger charge is -2.27. The molecular formula is C13H14N6O3. The lowest BCUT2D eigenvalue weighted by molar-refractivity contribution is 0.0691. The fourth-order valence-corrected chi connectivity index (χ4v) is 2.07. The highest BCUT2D eigenvalue weighted by Gasteiger charge is 2.19. The van der Waals surface area contributed by atoms with Crippen LogP contribution in [0.1, 0.15) is 10.5 Å². The Hall–Kier alpha value is -2.81. The summed E-state index contributed by atoms with van der Waals surface area (Å²) in [5.41, 5.74) is 0.395. The maximum atomic E-state index is 11.4. The van der Waals surface area contributed by atoms with Gasteiger partial charge in [0, 0.05) is 13.1 Å². The van der Waals surface area contributed by atoms with Gasteiger partial charge < -0.3 is 20.1 Å². The first-order valence-corrected chi connectivity index (χ1v) is 6.69. The Morgan fingerprint density at radius 2 is 1.95 bits per heavy atom. The summed E-state index contributed by atoms with van der Waals surface area (Å²) in [5.74, 6) is -0.475. The molecular weight excluding hydrogens is 288 g/mol. The van der Waals surface area contributed by atoms with Crippen LogP contribution in [-0.4, -0.2) is 57.3 Å². The van der Waals surface area contributed by atoms with Crippen molar-refractivity contribution < 1.29 is 14.6 Å². The van der Waals surface area contributed by atoms with Crippen molar-refractivity contribution in [1.29, 1.82) is 0 Å². The number of rotatable bonds is 4. The molecule has 1 fully saturated rings. The Balaban J connectivity index is 1.88. The monoisotopic (exact) mass is 302 g/mol. The van der Waals surface area contributed by atoms with Crippen molar-refractivity contribution in [2.75, 3.05) is 36.5 Å². The van der Waals surface area contributed by atoms with Gasteiger partial charge in [0.2, 0.25) is 0 Å². The van der Waals surface area contributed by atoms with Gasteiger partial charge in [-0.25, -0.2) is 24.7 Å². The van der Waals surface area contributed by atoms with Gasteiger partial charge in [0.05, 0.1) is 37.5 Å². The molecule has 2 N–H and O–H groups in total. The van der Waals surface area contributed by atoms with Gasteiger partial charge >= 0.3 is 5.97 Å². The lowest BCUT2D eigenvalue weighted by Crippen LogP contribution is -2.37. The SMILES string of the molecule is O=C(O)c1nc(N2CCOCC2)cnc1Nc1cncnc1. The van der Waals surface area contributed by atoms with Crippen molar-refractivity contribution in [3.05, 3.63) is 30.6 Å². The van der Waals surface area contributed by atoms with E-state index in [1.807, 2.05) is 4.90 Å². The highest BCUT2D eigenvalue weighted by atomic mass is 16.5. The summed E-state index contributed by atoms with van der Waals surface area (Å²) in [5, 5.41) is 12.2. The van der Waals surface area contributed by atoms with Gasteiger partial charge in [-0.05, 0) is 0 Å². The molecule has 0 atom stereocenters. The first-order valence-electron chi connectivity index (χ1n) is 6.69. The summed E-state index contributed by atoms with van der Waals surface area (Å²) >= 11 is 0. The van der Waals surface area contributed by atoms with E-state index in [0.717, 1.165) is 0 Å².